The molecular weight excluding hydrogens is 210 g/mol. The standard InChI is InChI=1S/C7H15NOS3/c1-7(4-10,6(8)9)3-2-5(11)12/h5,10-12H,2-4H2,1H3,(H2,8,9). The van der Waals surface area contributed by atoms with E-state index in [0.29, 0.717) is 12.2 Å². The van der Waals surface area contributed by atoms with Crippen molar-refractivity contribution in [3.05, 3.63) is 0 Å². The highest BCUT2D eigenvalue weighted by molar-refractivity contribution is 7.99. The average Bonchev–Trinajstić information content (AvgIpc) is 1.99. The molecule has 0 aliphatic heterocycles. The summed E-state index contributed by atoms with van der Waals surface area (Å²) in [5.74, 6) is 0.163. The Bertz CT molecular complexity index is 163. The van der Waals surface area contributed by atoms with E-state index >= 15 is 0 Å². The summed E-state index contributed by atoms with van der Waals surface area (Å²) in [5, 5.41) is 0. The fraction of sp³-hybridized carbons (Fsp3) is 0.857. The molecule has 0 aromatic heterocycles. The molecule has 2 N–H and O–H groups in total. The number of primary amides is 1. The molecule has 0 spiro atoms. The van der Waals surface area contributed by atoms with Gasteiger partial charge in [0, 0.05) is 10.3 Å². The van der Waals surface area contributed by atoms with E-state index in [4.69, 9.17) is 5.73 Å². The molecule has 0 aliphatic rings. The second kappa shape index (κ2) is 5.29. The molecule has 0 radical (unpaired) electrons. The van der Waals surface area contributed by atoms with Crippen LogP contribution in [0.5, 0.6) is 0 Å². The van der Waals surface area contributed by atoms with E-state index in [2.05, 4.69) is 37.9 Å². The Morgan fingerprint density at radius 2 is 2.08 bits per heavy atom. The van der Waals surface area contributed by atoms with Crippen molar-refractivity contribution in [3.63, 3.8) is 0 Å². The minimum absolute atomic E-state index is 0.00329. The minimum Gasteiger partial charge on any atom is -0.369 e. The molecule has 0 aromatic carbocycles. The zero-order valence-electron chi connectivity index (χ0n) is 7.03. The Labute approximate surface area is 89.9 Å². The van der Waals surface area contributed by atoms with Gasteiger partial charge in [-0.15, -0.1) is 0 Å². The van der Waals surface area contributed by atoms with Crippen molar-refractivity contribution in [2.24, 2.45) is 11.1 Å². The molecule has 1 amide bonds. The van der Waals surface area contributed by atoms with Gasteiger partial charge >= 0.3 is 0 Å². The minimum atomic E-state index is -0.521. The average molecular weight is 225 g/mol. The first-order valence-electron chi connectivity index (χ1n) is 3.69. The van der Waals surface area contributed by atoms with Crippen molar-refractivity contribution in [1.82, 2.24) is 0 Å². The monoisotopic (exact) mass is 225 g/mol. The van der Waals surface area contributed by atoms with Crippen LogP contribution in [-0.4, -0.2) is 16.2 Å². The summed E-state index contributed by atoms with van der Waals surface area (Å²) in [6, 6.07) is 0. The number of thiol groups is 3. The molecule has 0 rings (SSSR count). The molecule has 0 heterocycles. The lowest BCUT2D eigenvalue weighted by Gasteiger charge is -2.23. The predicted octanol–water partition coefficient (Wildman–Crippen LogP) is 1.37. The number of amides is 1. The van der Waals surface area contributed by atoms with Crippen molar-refractivity contribution >= 4 is 43.8 Å². The lowest BCUT2D eigenvalue weighted by Crippen LogP contribution is -2.36. The maximum absolute atomic E-state index is 11.0. The highest BCUT2D eigenvalue weighted by Gasteiger charge is 2.29. The van der Waals surface area contributed by atoms with Gasteiger partial charge in [0.15, 0.2) is 0 Å². The topological polar surface area (TPSA) is 43.1 Å². The zero-order chi connectivity index (χ0) is 9.78. The first-order valence-corrected chi connectivity index (χ1v) is 5.36. The quantitative estimate of drug-likeness (QED) is 0.414. The Balaban J connectivity index is 4.06. The normalized spacial score (nSPS) is 16.1. The number of carbonyl (C=O) groups excluding carboxylic acids is 1. The molecular formula is C7H15NOS3. The molecule has 1 atom stereocenters. The lowest BCUT2D eigenvalue weighted by atomic mass is 9.87. The van der Waals surface area contributed by atoms with E-state index in [-0.39, 0.29) is 10.5 Å². The van der Waals surface area contributed by atoms with Crippen molar-refractivity contribution in [1.29, 1.82) is 0 Å². The zero-order valence-corrected chi connectivity index (χ0v) is 9.71. The smallest absolute Gasteiger partial charge is 0.224 e. The van der Waals surface area contributed by atoms with Gasteiger partial charge < -0.3 is 5.73 Å². The summed E-state index contributed by atoms with van der Waals surface area (Å²) in [5.41, 5.74) is 4.71. The van der Waals surface area contributed by atoms with Gasteiger partial charge in [-0.05, 0) is 19.8 Å². The van der Waals surface area contributed by atoms with Crippen LogP contribution in [0.25, 0.3) is 0 Å². The van der Waals surface area contributed by atoms with E-state index in [9.17, 15) is 4.79 Å². The third-order valence-electron chi connectivity index (χ3n) is 1.90. The maximum atomic E-state index is 11.0. The van der Waals surface area contributed by atoms with Crippen LogP contribution in [0, 0.1) is 5.41 Å². The fourth-order valence-corrected chi connectivity index (χ4v) is 1.30. The van der Waals surface area contributed by atoms with E-state index in [1.54, 1.807) is 0 Å². The molecule has 5 heteroatoms. The Kier molecular flexibility index (Phi) is 5.52. The van der Waals surface area contributed by atoms with Crippen LogP contribution in [0.2, 0.25) is 0 Å². The summed E-state index contributed by atoms with van der Waals surface area (Å²) < 4.78 is 0.00329. The first kappa shape index (κ1) is 12.5. The van der Waals surface area contributed by atoms with Gasteiger partial charge in [-0.3, -0.25) is 4.79 Å². The molecule has 0 aromatic rings. The largest absolute Gasteiger partial charge is 0.369 e. The van der Waals surface area contributed by atoms with Crippen molar-refractivity contribution < 1.29 is 4.79 Å². The SMILES string of the molecule is CC(CS)(CCC(S)S)C(N)=O. The predicted molar refractivity (Wildman–Crippen MR) is 62.1 cm³/mol. The molecule has 0 fully saturated rings. The van der Waals surface area contributed by atoms with E-state index in [0.717, 1.165) is 6.42 Å². The van der Waals surface area contributed by atoms with Gasteiger partial charge in [0.05, 0.1) is 5.41 Å². The summed E-state index contributed by atoms with van der Waals surface area (Å²) in [6.45, 7) is 1.81. The van der Waals surface area contributed by atoms with Crippen LogP contribution in [-0.2, 0) is 4.79 Å². The summed E-state index contributed by atoms with van der Waals surface area (Å²) >= 11 is 12.3. The van der Waals surface area contributed by atoms with Crippen molar-refractivity contribution in [2.75, 3.05) is 5.75 Å². The highest BCUT2D eigenvalue weighted by atomic mass is 32.2. The second-order valence-corrected chi connectivity index (χ2v) is 5.07. The number of rotatable bonds is 5. The van der Waals surface area contributed by atoms with Crippen LogP contribution in [0.15, 0.2) is 0 Å². The van der Waals surface area contributed by atoms with Crippen LogP contribution >= 0.6 is 37.9 Å². The van der Waals surface area contributed by atoms with Gasteiger partial charge in [0.25, 0.3) is 0 Å². The molecule has 0 aliphatic carbocycles. The van der Waals surface area contributed by atoms with Gasteiger partial charge in [0.2, 0.25) is 5.91 Å². The molecule has 0 saturated carbocycles. The van der Waals surface area contributed by atoms with Crippen LogP contribution < -0.4 is 5.73 Å². The second-order valence-electron chi connectivity index (χ2n) is 3.10. The molecule has 0 bridgehead atoms. The van der Waals surface area contributed by atoms with E-state index < -0.39 is 5.41 Å². The van der Waals surface area contributed by atoms with E-state index in [1.807, 2.05) is 6.92 Å². The number of hydrogen-bond donors (Lipinski definition) is 4. The van der Waals surface area contributed by atoms with Gasteiger partial charge in [-0.2, -0.15) is 37.9 Å². The summed E-state index contributed by atoms with van der Waals surface area (Å²) in [7, 11) is 0. The Morgan fingerprint density at radius 3 is 2.33 bits per heavy atom. The van der Waals surface area contributed by atoms with E-state index in [1.165, 1.54) is 0 Å². The Morgan fingerprint density at radius 1 is 1.58 bits per heavy atom. The summed E-state index contributed by atoms with van der Waals surface area (Å²) in [6.07, 6.45) is 1.44. The fourth-order valence-electron chi connectivity index (χ4n) is 0.728. The van der Waals surface area contributed by atoms with Crippen molar-refractivity contribution in [3.8, 4) is 0 Å². The number of nitrogens with two attached hydrogens (primary N) is 1. The van der Waals surface area contributed by atoms with Crippen LogP contribution in [0.1, 0.15) is 19.8 Å². The maximum Gasteiger partial charge on any atom is 0.224 e. The number of carbonyl (C=O) groups is 1. The summed E-state index contributed by atoms with van der Waals surface area (Å²) in [4.78, 5) is 11.0. The molecule has 72 valence electrons. The van der Waals surface area contributed by atoms with Crippen LogP contribution in [0.3, 0.4) is 0 Å². The van der Waals surface area contributed by atoms with Gasteiger partial charge in [-0.25, -0.2) is 0 Å². The third-order valence-corrected chi connectivity index (χ3v) is 3.11. The number of hydrogen-bond acceptors (Lipinski definition) is 4. The molecule has 1 unspecified atom stereocenters. The molecule has 12 heavy (non-hydrogen) atoms. The van der Waals surface area contributed by atoms with Gasteiger partial charge in [0.1, 0.15) is 0 Å². The van der Waals surface area contributed by atoms with Crippen LogP contribution in [0.4, 0.5) is 0 Å². The van der Waals surface area contributed by atoms with Gasteiger partial charge in [-0.1, -0.05) is 0 Å². The third kappa shape index (κ3) is 3.96. The highest BCUT2D eigenvalue weighted by Crippen LogP contribution is 2.26. The van der Waals surface area contributed by atoms with Crippen molar-refractivity contribution in [2.45, 2.75) is 24.3 Å². The molecule has 2 nitrogen and oxygen atoms in total. The molecule has 0 saturated heterocycles. The lowest BCUT2D eigenvalue weighted by molar-refractivity contribution is -0.126. The first-order chi connectivity index (χ1) is 5.42. The Hall–Kier alpha value is 0.520.